The van der Waals surface area contributed by atoms with Gasteiger partial charge in [0.1, 0.15) is 0 Å². The summed E-state index contributed by atoms with van der Waals surface area (Å²) in [4.78, 5) is 0. The predicted molar refractivity (Wildman–Crippen MR) is 62.7 cm³/mol. The molecule has 0 atom stereocenters. The van der Waals surface area contributed by atoms with Gasteiger partial charge in [-0.25, -0.2) is 5.84 Å². The predicted octanol–water partition coefficient (Wildman–Crippen LogP) is 0.473. The number of rotatable bonds is 2. The van der Waals surface area contributed by atoms with E-state index in [1.54, 1.807) is 12.1 Å². The maximum atomic E-state index is 5.84. The van der Waals surface area contributed by atoms with Crippen LogP contribution >= 0.6 is 0 Å². The summed E-state index contributed by atoms with van der Waals surface area (Å²) in [5.74, 6) is 11.7. The van der Waals surface area contributed by atoms with Gasteiger partial charge in [-0.15, -0.1) is 0 Å². The third-order valence-corrected chi connectivity index (χ3v) is 2.07. The number of hydrazone groups is 1. The van der Waals surface area contributed by atoms with Crippen molar-refractivity contribution in [2.75, 3.05) is 5.73 Å². The fourth-order valence-corrected chi connectivity index (χ4v) is 1.21. The monoisotopic (exact) mass is 207 g/mol. The number of amidine groups is 1. The molecule has 0 fully saturated rings. The molecule has 0 unspecified atom stereocenters. The first-order valence-corrected chi connectivity index (χ1v) is 4.74. The highest BCUT2D eigenvalue weighted by Gasteiger charge is 2.12. The molecule has 5 nitrogen and oxygen atoms in total. The third-order valence-electron chi connectivity index (χ3n) is 2.07. The Morgan fingerprint density at radius 3 is 2.53 bits per heavy atom. The first-order chi connectivity index (χ1) is 7.06. The van der Waals surface area contributed by atoms with Gasteiger partial charge >= 0.3 is 0 Å². The molecule has 0 aliphatic carbocycles. The van der Waals surface area contributed by atoms with Gasteiger partial charge in [-0.2, -0.15) is 5.10 Å². The van der Waals surface area contributed by atoms with Gasteiger partial charge in [0.25, 0.3) is 0 Å². The molecule has 82 valence electrons. The zero-order chi connectivity index (χ0) is 11.4. The highest BCUT2D eigenvalue weighted by atomic mass is 15.5. The van der Waals surface area contributed by atoms with Crippen molar-refractivity contribution in [1.82, 2.24) is 5.01 Å². The minimum atomic E-state index is 0.119. The number of nitrogen functional groups attached to an aromatic ring is 1. The van der Waals surface area contributed by atoms with Crippen LogP contribution in [0.15, 0.2) is 29.4 Å². The second-order valence-electron chi connectivity index (χ2n) is 3.58. The molecule has 1 aromatic rings. The molecule has 0 bridgehead atoms. The van der Waals surface area contributed by atoms with Gasteiger partial charge in [-0.1, -0.05) is 12.1 Å². The van der Waals surface area contributed by atoms with Crippen LogP contribution < -0.4 is 17.4 Å². The smallest absolute Gasteiger partial charge is 0.169 e. The minimum absolute atomic E-state index is 0.119. The Kier molecular flexibility index (Phi) is 3.51. The number of hydrazine groups is 1. The normalized spacial score (nSPS) is 11.9. The molecule has 1 aromatic carbocycles. The minimum Gasteiger partial charge on any atom is -0.399 e. The molecule has 0 saturated heterocycles. The second-order valence-corrected chi connectivity index (χ2v) is 3.58. The average molecular weight is 207 g/mol. The van der Waals surface area contributed by atoms with E-state index in [4.69, 9.17) is 17.4 Å². The summed E-state index contributed by atoms with van der Waals surface area (Å²) in [6.07, 6.45) is 0. The molecular weight excluding hydrogens is 190 g/mol. The standard InChI is InChI=1S/C10H17N5/c1-7(2)15(13)10(14-12)8-4-3-5-9(11)6-8/h3-7H,11-13H2,1-2H3/b14-10-. The van der Waals surface area contributed by atoms with E-state index >= 15 is 0 Å². The van der Waals surface area contributed by atoms with Crippen LogP contribution in [0.2, 0.25) is 0 Å². The van der Waals surface area contributed by atoms with Crippen molar-refractivity contribution in [3.8, 4) is 0 Å². The largest absolute Gasteiger partial charge is 0.399 e. The molecule has 6 N–H and O–H groups in total. The Labute approximate surface area is 89.5 Å². The fourth-order valence-electron chi connectivity index (χ4n) is 1.21. The van der Waals surface area contributed by atoms with Crippen molar-refractivity contribution < 1.29 is 0 Å². The maximum Gasteiger partial charge on any atom is 0.169 e. The Morgan fingerprint density at radius 1 is 1.40 bits per heavy atom. The van der Waals surface area contributed by atoms with Crippen molar-refractivity contribution >= 4 is 11.5 Å². The van der Waals surface area contributed by atoms with E-state index in [0.29, 0.717) is 11.5 Å². The van der Waals surface area contributed by atoms with Gasteiger partial charge in [0, 0.05) is 17.3 Å². The molecule has 5 heteroatoms. The fraction of sp³-hybridized carbons (Fsp3) is 0.300. The molecule has 0 saturated carbocycles. The molecule has 0 spiro atoms. The summed E-state index contributed by atoms with van der Waals surface area (Å²) in [6, 6.07) is 7.41. The van der Waals surface area contributed by atoms with E-state index in [1.165, 1.54) is 5.01 Å². The Bertz CT molecular complexity index is 359. The van der Waals surface area contributed by atoms with Gasteiger partial charge < -0.3 is 11.6 Å². The van der Waals surface area contributed by atoms with Crippen LogP contribution in [0.5, 0.6) is 0 Å². The number of nitrogens with two attached hydrogens (primary N) is 3. The Morgan fingerprint density at radius 2 is 2.07 bits per heavy atom. The highest BCUT2D eigenvalue weighted by Crippen LogP contribution is 2.10. The van der Waals surface area contributed by atoms with E-state index in [-0.39, 0.29) is 6.04 Å². The summed E-state index contributed by atoms with van der Waals surface area (Å²) in [5.41, 5.74) is 7.14. The second kappa shape index (κ2) is 4.65. The summed E-state index contributed by atoms with van der Waals surface area (Å²) in [7, 11) is 0. The van der Waals surface area contributed by atoms with Crippen molar-refractivity contribution in [1.29, 1.82) is 0 Å². The molecular formula is C10H17N5. The quantitative estimate of drug-likeness (QED) is 0.216. The van der Waals surface area contributed by atoms with Crippen molar-refractivity contribution in [3.63, 3.8) is 0 Å². The van der Waals surface area contributed by atoms with Crippen LogP contribution in [0.4, 0.5) is 5.69 Å². The lowest BCUT2D eigenvalue weighted by atomic mass is 10.1. The first kappa shape index (κ1) is 11.3. The van der Waals surface area contributed by atoms with E-state index in [2.05, 4.69) is 5.10 Å². The summed E-state index contributed by atoms with van der Waals surface area (Å²) in [6.45, 7) is 3.91. The van der Waals surface area contributed by atoms with Crippen LogP contribution in [0.1, 0.15) is 19.4 Å². The van der Waals surface area contributed by atoms with Gasteiger partial charge in [-0.05, 0) is 26.0 Å². The summed E-state index contributed by atoms with van der Waals surface area (Å²) < 4.78 is 0. The van der Waals surface area contributed by atoms with Gasteiger partial charge in [0.05, 0.1) is 0 Å². The van der Waals surface area contributed by atoms with Crippen molar-refractivity contribution in [2.45, 2.75) is 19.9 Å². The van der Waals surface area contributed by atoms with E-state index in [9.17, 15) is 0 Å². The average Bonchev–Trinajstić information content (AvgIpc) is 2.18. The third kappa shape index (κ3) is 2.60. The number of anilines is 1. The molecule has 0 amide bonds. The Balaban J connectivity index is 3.04. The van der Waals surface area contributed by atoms with Crippen molar-refractivity contribution in [3.05, 3.63) is 29.8 Å². The van der Waals surface area contributed by atoms with Gasteiger partial charge in [0.2, 0.25) is 0 Å². The number of benzene rings is 1. The van der Waals surface area contributed by atoms with E-state index < -0.39 is 0 Å². The van der Waals surface area contributed by atoms with Gasteiger partial charge in [-0.3, -0.25) is 5.01 Å². The number of nitrogens with zero attached hydrogens (tertiary/aromatic N) is 2. The van der Waals surface area contributed by atoms with Crippen LogP contribution in [0.3, 0.4) is 0 Å². The lowest BCUT2D eigenvalue weighted by molar-refractivity contribution is 0.363. The molecule has 0 aliphatic heterocycles. The van der Waals surface area contributed by atoms with Crippen LogP contribution in [-0.4, -0.2) is 16.9 Å². The molecule has 0 heterocycles. The number of hydrogen-bond acceptors (Lipinski definition) is 4. The summed E-state index contributed by atoms with van der Waals surface area (Å²) >= 11 is 0. The maximum absolute atomic E-state index is 5.84. The van der Waals surface area contributed by atoms with Crippen LogP contribution in [-0.2, 0) is 0 Å². The molecule has 1 rings (SSSR count). The topological polar surface area (TPSA) is 93.7 Å². The number of hydrogen-bond donors (Lipinski definition) is 3. The highest BCUT2D eigenvalue weighted by molar-refractivity contribution is 5.99. The molecule has 0 aromatic heterocycles. The van der Waals surface area contributed by atoms with E-state index in [0.717, 1.165) is 5.56 Å². The molecule has 0 radical (unpaired) electrons. The first-order valence-electron chi connectivity index (χ1n) is 4.74. The summed E-state index contributed by atoms with van der Waals surface area (Å²) in [5, 5.41) is 5.19. The van der Waals surface area contributed by atoms with Gasteiger partial charge in [0.15, 0.2) is 5.84 Å². The SMILES string of the molecule is CC(C)N(N)/C(=N\N)c1cccc(N)c1. The van der Waals surface area contributed by atoms with Crippen LogP contribution in [0, 0.1) is 0 Å². The molecule has 15 heavy (non-hydrogen) atoms. The van der Waals surface area contributed by atoms with E-state index in [1.807, 2.05) is 26.0 Å². The lowest BCUT2D eigenvalue weighted by Gasteiger charge is -2.24. The zero-order valence-corrected chi connectivity index (χ0v) is 9.01. The Hall–Kier alpha value is -1.75. The van der Waals surface area contributed by atoms with Crippen LogP contribution in [0.25, 0.3) is 0 Å². The lowest BCUT2D eigenvalue weighted by Crippen LogP contribution is -2.43. The van der Waals surface area contributed by atoms with Crippen molar-refractivity contribution in [2.24, 2.45) is 16.8 Å². The zero-order valence-electron chi connectivity index (χ0n) is 9.01. The molecule has 0 aliphatic rings.